The first-order chi connectivity index (χ1) is 15.9. The summed E-state index contributed by atoms with van der Waals surface area (Å²) in [4.78, 5) is 38.6. The van der Waals surface area contributed by atoms with Gasteiger partial charge in [0, 0.05) is 36.9 Å². The number of fused-ring (bicyclic) bond motifs is 1. The van der Waals surface area contributed by atoms with Gasteiger partial charge in [-0.2, -0.15) is 0 Å². The molecule has 1 aromatic carbocycles. The van der Waals surface area contributed by atoms with Gasteiger partial charge in [0.05, 0.1) is 16.6 Å². The fraction of sp³-hybridized carbons (Fsp3) is 0.560. The zero-order valence-corrected chi connectivity index (χ0v) is 20.3. The Bertz CT molecular complexity index is 1210. The van der Waals surface area contributed by atoms with E-state index in [4.69, 9.17) is 4.74 Å². The molecule has 34 heavy (non-hydrogen) atoms. The number of anilines is 1. The number of aryl methyl sites for hydroxylation is 1. The van der Waals surface area contributed by atoms with E-state index in [1.54, 1.807) is 26.8 Å². The number of rotatable bonds is 5. The van der Waals surface area contributed by atoms with Crippen LogP contribution < -0.4 is 15.6 Å². The van der Waals surface area contributed by atoms with E-state index in [1.165, 1.54) is 13.1 Å². The number of aromatic carboxylic acids is 1. The number of halogens is 1. The van der Waals surface area contributed by atoms with Crippen molar-refractivity contribution in [1.82, 2.24) is 9.88 Å². The van der Waals surface area contributed by atoms with Crippen LogP contribution in [0.5, 0.6) is 0 Å². The van der Waals surface area contributed by atoms with E-state index in [0.29, 0.717) is 24.3 Å². The predicted molar refractivity (Wildman–Crippen MR) is 127 cm³/mol. The Morgan fingerprint density at radius 2 is 1.94 bits per heavy atom. The molecule has 8 nitrogen and oxygen atoms in total. The molecule has 2 heterocycles. The van der Waals surface area contributed by atoms with E-state index in [9.17, 15) is 19.5 Å². The second-order valence-electron chi connectivity index (χ2n) is 10.5. The van der Waals surface area contributed by atoms with E-state index in [0.717, 1.165) is 19.3 Å². The summed E-state index contributed by atoms with van der Waals surface area (Å²) in [5.74, 6) is -1.72. The fourth-order valence-electron chi connectivity index (χ4n) is 4.71. The molecule has 0 spiro atoms. The van der Waals surface area contributed by atoms with Crippen LogP contribution in [0.15, 0.2) is 17.1 Å². The van der Waals surface area contributed by atoms with Crippen LogP contribution in [0.25, 0.3) is 10.9 Å². The number of nitrogens with zero attached hydrogens (tertiary/aromatic N) is 2. The molecule has 1 amide bonds. The monoisotopic (exact) mass is 473 g/mol. The maximum absolute atomic E-state index is 15.5. The van der Waals surface area contributed by atoms with Crippen LogP contribution in [0.2, 0.25) is 0 Å². The Morgan fingerprint density at radius 1 is 1.26 bits per heavy atom. The lowest BCUT2D eigenvalue weighted by Crippen LogP contribution is -2.42. The van der Waals surface area contributed by atoms with Gasteiger partial charge in [-0.25, -0.2) is 14.0 Å². The van der Waals surface area contributed by atoms with Gasteiger partial charge in [0.2, 0.25) is 5.43 Å². The van der Waals surface area contributed by atoms with E-state index in [-0.39, 0.29) is 34.5 Å². The van der Waals surface area contributed by atoms with Crippen LogP contribution in [-0.2, 0) is 4.74 Å². The number of carbonyl (C=O) groups is 2. The molecule has 1 aliphatic heterocycles. The molecule has 1 aromatic heterocycles. The summed E-state index contributed by atoms with van der Waals surface area (Å²) >= 11 is 0. The largest absolute Gasteiger partial charge is 0.477 e. The van der Waals surface area contributed by atoms with Crippen LogP contribution in [0.4, 0.5) is 14.9 Å². The highest BCUT2D eigenvalue weighted by Gasteiger charge is 2.33. The SMILES string of the molecule is Cc1c(F)c(N2CC[C@@H]([C@H](C)NC(=O)OC(C)(C)C)C2)cc2c1c(=O)c(C(=O)O)cn2C1CC1. The van der Waals surface area contributed by atoms with Crippen molar-refractivity contribution in [3.63, 3.8) is 0 Å². The Kier molecular flexibility index (Phi) is 6.08. The van der Waals surface area contributed by atoms with Gasteiger partial charge in [0.25, 0.3) is 0 Å². The maximum Gasteiger partial charge on any atom is 0.407 e. The minimum atomic E-state index is -1.31. The minimum absolute atomic E-state index is 0.0999. The molecular formula is C25H32FN3O5. The zero-order valence-electron chi connectivity index (χ0n) is 20.3. The topological polar surface area (TPSA) is 101 Å². The molecule has 1 saturated heterocycles. The molecule has 0 bridgehead atoms. The third-order valence-electron chi connectivity index (χ3n) is 6.66. The number of carbonyl (C=O) groups excluding carboxylic acids is 1. The van der Waals surface area contributed by atoms with Crippen molar-refractivity contribution in [2.24, 2.45) is 5.92 Å². The zero-order chi connectivity index (χ0) is 24.9. The number of benzene rings is 1. The number of carboxylic acid groups (broad SMARTS) is 1. The van der Waals surface area contributed by atoms with Crippen LogP contribution in [0.1, 0.15) is 68.9 Å². The number of carboxylic acids is 1. The molecule has 2 fully saturated rings. The number of hydrogen-bond donors (Lipinski definition) is 2. The first kappa shape index (κ1) is 24.0. The summed E-state index contributed by atoms with van der Waals surface area (Å²) < 4.78 is 22.7. The van der Waals surface area contributed by atoms with Crippen molar-refractivity contribution in [1.29, 1.82) is 0 Å². The molecule has 9 heteroatoms. The van der Waals surface area contributed by atoms with Crippen molar-refractivity contribution in [3.05, 3.63) is 39.4 Å². The lowest BCUT2D eigenvalue weighted by atomic mass is 10.0. The van der Waals surface area contributed by atoms with Gasteiger partial charge in [-0.1, -0.05) is 0 Å². The van der Waals surface area contributed by atoms with Gasteiger partial charge in [0.15, 0.2) is 0 Å². The Morgan fingerprint density at radius 3 is 2.53 bits per heavy atom. The number of amides is 1. The van der Waals surface area contributed by atoms with Crippen LogP contribution >= 0.6 is 0 Å². The number of aromatic nitrogens is 1. The van der Waals surface area contributed by atoms with Crippen molar-refractivity contribution >= 4 is 28.7 Å². The molecule has 4 rings (SSSR count). The summed E-state index contributed by atoms with van der Waals surface area (Å²) in [6, 6.07) is 1.63. The standard InChI is InChI=1S/C25H32FN3O5/c1-13-20-18(29(16-6-7-16)12-17(22(20)30)23(31)32)10-19(21(13)26)28-9-8-15(11-28)14(2)27-24(33)34-25(3,4)5/h10,12,14-16H,6-9,11H2,1-5H3,(H,27,33)(H,31,32)/t14-,15+/m0/s1. The third-order valence-corrected chi connectivity index (χ3v) is 6.66. The van der Waals surface area contributed by atoms with E-state index >= 15 is 4.39 Å². The van der Waals surface area contributed by atoms with Crippen LogP contribution in [0.3, 0.4) is 0 Å². The summed E-state index contributed by atoms with van der Waals surface area (Å²) in [5.41, 5.74) is -0.452. The Hall–Kier alpha value is -3.10. The highest BCUT2D eigenvalue weighted by atomic mass is 19.1. The van der Waals surface area contributed by atoms with Crippen molar-refractivity contribution < 1.29 is 23.8 Å². The van der Waals surface area contributed by atoms with Crippen LogP contribution in [-0.4, -0.2) is 46.5 Å². The minimum Gasteiger partial charge on any atom is -0.477 e. The first-order valence-electron chi connectivity index (χ1n) is 11.7. The fourth-order valence-corrected chi connectivity index (χ4v) is 4.71. The van der Waals surface area contributed by atoms with Gasteiger partial charge in [0.1, 0.15) is 17.0 Å². The Balaban J connectivity index is 1.64. The average Bonchev–Trinajstić information content (AvgIpc) is 3.44. The summed E-state index contributed by atoms with van der Waals surface area (Å²) in [6.45, 7) is 10.0. The second-order valence-corrected chi connectivity index (χ2v) is 10.5. The van der Waals surface area contributed by atoms with E-state index in [2.05, 4.69) is 5.32 Å². The molecule has 2 aliphatic rings. The summed E-state index contributed by atoms with van der Waals surface area (Å²) in [6.07, 6.45) is 3.46. The number of nitrogens with one attached hydrogen (secondary N) is 1. The van der Waals surface area contributed by atoms with E-state index < -0.39 is 28.9 Å². The van der Waals surface area contributed by atoms with Gasteiger partial charge >= 0.3 is 12.1 Å². The third kappa shape index (κ3) is 4.60. The molecule has 2 atom stereocenters. The predicted octanol–water partition coefficient (Wildman–Crippen LogP) is 4.22. The lowest BCUT2D eigenvalue weighted by molar-refractivity contribution is 0.0494. The lowest BCUT2D eigenvalue weighted by Gasteiger charge is -2.26. The average molecular weight is 474 g/mol. The quantitative estimate of drug-likeness (QED) is 0.674. The highest BCUT2D eigenvalue weighted by molar-refractivity contribution is 5.95. The van der Waals surface area contributed by atoms with E-state index in [1.807, 2.05) is 16.4 Å². The molecular weight excluding hydrogens is 441 g/mol. The number of hydrogen-bond acceptors (Lipinski definition) is 5. The van der Waals surface area contributed by atoms with Gasteiger partial charge in [-0.05, 0) is 65.9 Å². The van der Waals surface area contributed by atoms with Crippen molar-refractivity contribution in [3.8, 4) is 0 Å². The molecule has 184 valence electrons. The van der Waals surface area contributed by atoms with Gasteiger partial charge < -0.3 is 24.6 Å². The number of ether oxygens (including phenoxy) is 1. The highest BCUT2D eigenvalue weighted by Crippen LogP contribution is 2.39. The van der Waals surface area contributed by atoms with Crippen molar-refractivity contribution in [2.45, 2.75) is 71.6 Å². The smallest absolute Gasteiger partial charge is 0.407 e. The maximum atomic E-state index is 15.5. The second kappa shape index (κ2) is 8.60. The normalized spacial score (nSPS) is 19.4. The first-order valence-corrected chi connectivity index (χ1v) is 11.7. The molecule has 1 aliphatic carbocycles. The molecule has 0 radical (unpaired) electrons. The number of alkyl carbamates (subject to hydrolysis) is 1. The molecule has 0 unspecified atom stereocenters. The summed E-state index contributed by atoms with van der Waals surface area (Å²) in [7, 11) is 0. The van der Waals surface area contributed by atoms with Gasteiger partial charge in [-0.3, -0.25) is 4.79 Å². The van der Waals surface area contributed by atoms with Crippen molar-refractivity contribution in [2.75, 3.05) is 18.0 Å². The van der Waals surface area contributed by atoms with Crippen LogP contribution in [0, 0.1) is 18.7 Å². The molecule has 2 N–H and O–H groups in total. The summed E-state index contributed by atoms with van der Waals surface area (Å²) in [5, 5.41) is 12.5. The molecule has 1 saturated carbocycles. The van der Waals surface area contributed by atoms with Gasteiger partial charge in [-0.15, -0.1) is 0 Å². The number of pyridine rings is 1. The Labute approximate surface area is 197 Å². The molecule has 2 aromatic rings.